The molecule has 7 nitrogen and oxygen atoms in total. The number of hydrogen-bond acceptors (Lipinski definition) is 4. The van der Waals surface area contributed by atoms with Crippen LogP contribution in [0, 0.1) is 6.92 Å². The first-order chi connectivity index (χ1) is 12.0. The molecule has 8 heteroatoms. The Balaban J connectivity index is 0.00000338. The van der Waals surface area contributed by atoms with Crippen LogP contribution in [0.15, 0.2) is 44.6 Å². The van der Waals surface area contributed by atoms with Gasteiger partial charge in [0, 0.05) is 46.2 Å². The molecule has 0 saturated heterocycles. The van der Waals surface area contributed by atoms with Crippen LogP contribution in [0.1, 0.15) is 17.1 Å². The molecule has 0 spiro atoms. The van der Waals surface area contributed by atoms with Crippen molar-refractivity contribution in [3.8, 4) is 0 Å². The number of carbonyl (C=O) groups is 1. The predicted octanol–water partition coefficient (Wildman–Crippen LogP) is 2.51. The number of nitrogens with one attached hydrogen (secondary N) is 1. The van der Waals surface area contributed by atoms with E-state index < -0.39 is 0 Å². The molecule has 1 amide bonds. The van der Waals surface area contributed by atoms with Crippen LogP contribution in [-0.4, -0.2) is 55.9 Å². The fraction of sp³-hybridized carbons (Fsp3) is 0.444. The van der Waals surface area contributed by atoms with Crippen LogP contribution in [0.2, 0.25) is 0 Å². The van der Waals surface area contributed by atoms with Crippen molar-refractivity contribution in [2.45, 2.75) is 19.9 Å². The van der Waals surface area contributed by atoms with Crippen LogP contribution in [0.25, 0.3) is 0 Å². The van der Waals surface area contributed by atoms with E-state index in [0.717, 1.165) is 23.5 Å². The molecule has 2 aromatic heterocycles. The molecule has 0 saturated carbocycles. The summed E-state index contributed by atoms with van der Waals surface area (Å²) >= 11 is 0. The van der Waals surface area contributed by atoms with Crippen LogP contribution in [0.3, 0.4) is 0 Å². The highest BCUT2D eigenvalue weighted by Gasteiger charge is 2.12. The summed E-state index contributed by atoms with van der Waals surface area (Å²) in [5, 5.41) is 3.30. The van der Waals surface area contributed by atoms with Crippen molar-refractivity contribution in [3.63, 3.8) is 0 Å². The first kappa shape index (κ1) is 22.1. The summed E-state index contributed by atoms with van der Waals surface area (Å²) in [7, 11) is 5.38. The van der Waals surface area contributed by atoms with Gasteiger partial charge in [0.1, 0.15) is 18.1 Å². The number of guanidine groups is 1. The van der Waals surface area contributed by atoms with Crippen molar-refractivity contribution in [1.82, 2.24) is 15.1 Å². The minimum absolute atomic E-state index is 0. The third-order valence-electron chi connectivity index (χ3n) is 3.83. The molecule has 0 fully saturated rings. The maximum absolute atomic E-state index is 11.8. The molecule has 0 aliphatic heterocycles. The Bertz CT molecular complexity index is 695. The number of rotatable bonds is 7. The van der Waals surface area contributed by atoms with E-state index in [2.05, 4.69) is 10.3 Å². The van der Waals surface area contributed by atoms with E-state index in [0.29, 0.717) is 19.0 Å². The average molecular weight is 474 g/mol. The van der Waals surface area contributed by atoms with Gasteiger partial charge in [-0.05, 0) is 25.1 Å². The quantitative estimate of drug-likeness (QED) is 0.379. The molecule has 144 valence electrons. The second-order valence-corrected chi connectivity index (χ2v) is 6.04. The minimum Gasteiger partial charge on any atom is -0.469 e. The second-order valence-electron chi connectivity index (χ2n) is 6.04. The zero-order valence-corrected chi connectivity index (χ0v) is 18.0. The second kappa shape index (κ2) is 10.9. The first-order valence-corrected chi connectivity index (χ1v) is 8.22. The summed E-state index contributed by atoms with van der Waals surface area (Å²) in [6, 6.07) is 5.75. The summed E-state index contributed by atoms with van der Waals surface area (Å²) in [6.07, 6.45) is 4.08. The van der Waals surface area contributed by atoms with Gasteiger partial charge in [0.15, 0.2) is 5.96 Å². The lowest BCUT2D eigenvalue weighted by molar-refractivity contribution is -0.127. The van der Waals surface area contributed by atoms with Crippen LogP contribution in [-0.2, 0) is 17.8 Å². The number of carbonyl (C=O) groups excluding carboxylic acids is 1. The third-order valence-corrected chi connectivity index (χ3v) is 3.83. The van der Waals surface area contributed by atoms with E-state index in [9.17, 15) is 4.79 Å². The van der Waals surface area contributed by atoms with Gasteiger partial charge in [0.05, 0.1) is 12.5 Å². The van der Waals surface area contributed by atoms with Gasteiger partial charge >= 0.3 is 0 Å². The monoisotopic (exact) mass is 474 g/mol. The Morgan fingerprint density at radius 1 is 1.19 bits per heavy atom. The molecule has 2 rings (SSSR count). The highest BCUT2D eigenvalue weighted by molar-refractivity contribution is 14.0. The van der Waals surface area contributed by atoms with Crippen molar-refractivity contribution in [2.24, 2.45) is 4.99 Å². The highest BCUT2D eigenvalue weighted by Crippen LogP contribution is 2.11. The normalized spacial score (nSPS) is 11.0. The first-order valence-electron chi connectivity index (χ1n) is 8.22. The Morgan fingerprint density at radius 3 is 2.54 bits per heavy atom. The summed E-state index contributed by atoms with van der Waals surface area (Å²) in [5.74, 6) is 2.41. The molecule has 2 heterocycles. The topological polar surface area (TPSA) is 74.2 Å². The van der Waals surface area contributed by atoms with Gasteiger partial charge in [-0.3, -0.25) is 4.79 Å². The van der Waals surface area contributed by atoms with Gasteiger partial charge in [-0.25, -0.2) is 4.99 Å². The fourth-order valence-electron chi connectivity index (χ4n) is 2.25. The number of halogens is 1. The molecule has 0 bridgehead atoms. The number of likely N-dealkylation sites (N-methyl/N-ethyl adjacent to an activating group) is 1. The third kappa shape index (κ3) is 6.74. The van der Waals surface area contributed by atoms with E-state index in [1.54, 1.807) is 26.6 Å². The Hall–Kier alpha value is -1.97. The molecule has 0 atom stereocenters. The van der Waals surface area contributed by atoms with Gasteiger partial charge in [-0.15, -0.1) is 24.0 Å². The SMILES string of the molecule is Cc1occc1CN(C)C(=NCC(=O)N(C)C)NCCc1ccco1.I. The van der Waals surface area contributed by atoms with Crippen LogP contribution >= 0.6 is 24.0 Å². The molecule has 0 radical (unpaired) electrons. The molecule has 26 heavy (non-hydrogen) atoms. The van der Waals surface area contributed by atoms with E-state index in [-0.39, 0.29) is 36.4 Å². The number of aryl methyl sites for hydroxylation is 1. The molecular weight excluding hydrogens is 447 g/mol. The predicted molar refractivity (Wildman–Crippen MR) is 112 cm³/mol. The van der Waals surface area contributed by atoms with Crippen molar-refractivity contribution >= 4 is 35.8 Å². The van der Waals surface area contributed by atoms with Crippen molar-refractivity contribution in [3.05, 3.63) is 47.8 Å². The molecule has 0 aliphatic rings. The maximum Gasteiger partial charge on any atom is 0.243 e. The average Bonchev–Trinajstić information content (AvgIpc) is 3.22. The number of furan rings is 2. The zero-order valence-electron chi connectivity index (χ0n) is 15.7. The lowest BCUT2D eigenvalue weighted by Gasteiger charge is -2.22. The molecule has 1 N–H and O–H groups in total. The standard InChI is InChI=1S/C18H26N4O3.HI/c1-14-15(8-11-24-14)13-22(4)18(20-12-17(23)21(2)3)19-9-7-16-6-5-10-25-16;/h5-6,8,10-11H,7,9,12-13H2,1-4H3,(H,19,20);1H. The maximum atomic E-state index is 11.8. The van der Waals surface area contributed by atoms with E-state index in [1.165, 1.54) is 4.90 Å². The number of aliphatic imine (C=N–C) groups is 1. The van der Waals surface area contributed by atoms with Gasteiger partial charge in [-0.2, -0.15) is 0 Å². The fourth-order valence-corrected chi connectivity index (χ4v) is 2.25. The van der Waals surface area contributed by atoms with Crippen LogP contribution in [0.4, 0.5) is 0 Å². The molecule has 2 aromatic rings. The van der Waals surface area contributed by atoms with Crippen molar-refractivity contribution in [1.29, 1.82) is 0 Å². The van der Waals surface area contributed by atoms with Gasteiger partial charge < -0.3 is 24.0 Å². The lowest BCUT2D eigenvalue weighted by Crippen LogP contribution is -2.40. The minimum atomic E-state index is -0.0433. The lowest BCUT2D eigenvalue weighted by atomic mass is 10.2. The smallest absolute Gasteiger partial charge is 0.243 e. The summed E-state index contributed by atoms with van der Waals surface area (Å²) in [5.41, 5.74) is 1.09. The molecule has 0 aliphatic carbocycles. The van der Waals surface area contributed by atoms with Crippen molar-refractivity contribution < 1.29 is 13.6 Å². The summed E-state index contributed by atoms with van der Waals surface area (Å²) < 4.78 is 10.7. The Morgan fingerprint density at radius 2 is 1.96 bits per heavy atom. The van der Waals surface area contributed by atoms with E-state index in [4.69, 9.17) is 8.83 Å². The Labute approximate surface area is 171 Å². The van der Waals surface area contributed by atoms with Crippen LogP contribution in [0.5, 0.6) is 0 Å². The highest BCUT2D eigenvalue weighted by atomic mass is 127. The van der Waals surface area contributed by atoms with Gasteiger partial charge in [-0.1, -0.05) is 0 Å². The number of nitrogens with zero attached hydrogens (tertiary/aromatic N) is 3. The molecular formula is C18H27IN4O3. The largest absolute Gasteiger partial charge is 0.469 e. The van der Waals surface area contributed by atoms with Crippen LogP contribution < -0.4 is 5.32 Å². The van der Waals surface area contributed by atoms with E-state index in [1.807, 2.05) is 37.1 Å². The summed E-state index contributed by atoms with van der Waals surface area (Å²) in [4.78, 5) is 19.8. The van der Waals surface area contributed by atoms with E-state index >= 15 is 0 Å². The van der Waals surface area contributed by atoms with Crippen molar-refractivity contribution in [2.75, 3.05) is 34.2 Å². The number of amides is 1. The molecule has 0 unspecified atom stereocenters. The van der Waals surface area contributed by atoms with Gasteiger partial charge in [0.25, 0.3) is 0 Å². The van der Waals surface area contributed by atoms with Gasteiger partial charge in [0.2, 0.25) is 5.91 Å². The zero-order chi connectivity index (χ0) is 18.2. The number of hydrogen-bond donors (Lipinski definition) is 1. The molecule has 0 aromatic carbocycles. The summed E-state index contributed by atoms with van der Waals surface area (Å²) in [6.45, 7) is 3.34. The Kier molecular flexibility index (Phi) is 9.25.